The van der Waals surface area contributed by atoms with Gasteiger partial charge in [0.15, 0.2) is 0 Å². The van der Waals surface area contributed by atoms with Crippen molar-refractivity contribution in [2.24, 2.45) is 11.8 Å². The van der Waals surface area contributed by atoms with Crippen LogP contribution in [0.1, 0.15) is 23.2 Å². The van der Waals surface area contributed by atoms with Crippen LogP contribution in [-0.4, -0.2) is 41.9 Å². The predicted molar refractivity (Wildman–Crippen MR) is 86.1 cm³/mol. The lowest BCUT2D eigenvalue weighted by molar-refractivity contribution is -0.138. The summed E-state index contributed by atoms with van der Waals surface area (Å²) in [7, 11) is 3.35. The largest absolute Gasteiger partial charge is 0.478 e. The molecule has 2 N–H and O–H groups in total. The number of rotatable bonds is 4. The highest BCUT2D eigenvalue weighted by Crippen LogP contribution is 2.28. The monoisotopic (exact) mass is 316 g/mol. The Bertz CT molecular complexity index is 652. The molecule has 0 heterocycles. The fraction of sp³-hybridized carbons (Fsp3) is 0.353. The van der Waals surface area contributed by atoms with Gasteiger partial charge in [-0.3, -0.25) is 9.59 Å². The fourth-order valence-corrected chi connectivity index (χ4v) is 2.67. The van der Waals surface area contributed by atoms with E-state index in [4.69, 9.17) is 5.11 Å². The van der Waals surface area contributed by atoms with Gasteiger partial charge in [0.05, 0.1) is 17.4 Å². The summed E-state index contributed by atoms with van der Waals surface area (Å²) in [6, 6.07) is 6.06. The first kappa shape index (κ1) is 16.7. The average molecular weight is 316 g/mol. The van der Waals surface area contributed by atoms with E-state index in [2.05, 4.69) is 5.32 Å². The van der Waals surface area contributed by atoms with E-state index in [0.29, 0.717) is 18.5 Å². The van der Waals surface area contributed by atoms with Gasteiger partial charge in [-0.05, 0) is 31.0 Å². The van der Waals surface area contributed by atoms with Crippen LogP contribution in [0.3, 0.4) is 0 Å². The van der Waals surface area contributed by atoms with Gasteiger partial charge in [0, 0.05) is 19.8 Å². The van der Waals surface area contributed by atoms with E-state index in [1.54, 1.807) is 26.2 Å². The molecule has 2 atom stereocenters. The number of carbonyl (C=O) groups is 3. The van der Waals surface area contributed by atoms with E-state index < -0.39 is 17.8 Å². The van der Waals surface area contributed by atoms with Crippen molar-refractivity contribution in [2.45, 2.75) is 12.8 Å². The number of benzene rings is 1. The summed E-state index contributed by atoms with van der Waals surface area (Å²) < 4.78 is 0. The first-order valence-corrected chi connectivity index (χ1v) is 7.40. The van der Waals surface area contributed by atoms with Crippen molar-refractivity contribution in [3.05, 3.63) is 42.0 Å². The van der Waals surface area contributed by atoms with E-state index in [1.807, 2.05) is 12.2 Å². The molecular formula is C17H20N2O4. The number of carboxylic acid groups (broad SMARTS) is 1. The zero-order chi connectivity index (χ0) is 17.0. The standard InChI is InChI=1S/C17H20N2O4/c1-19(2)16(21)14-9-4-3-8-13(14)15(20)18-12-7-5-6-11(10-12)17(22)23/h3-7,10,13-14H,8-9H2,1-2H3,(H,18,20)(H,22,23). The molecule has 0 aromatic heterocycles. The van der Waals surface area contributed by atoms with Gasteiger partial charge in [0.25, 0.3) is 0 Å². The summed E-state index contributed by atoms with van der Waals surface area (Å²) in [5, 5.41) is 11.7. The highest BCUT2D eigenvalue weighted by atomic mass is 16.4. The summed E-state index contributed by atoms with van der Waals surface area (Å²) >= 11 is 0. The van der Waals surface area contributed by atoms with Gasteiger partial charge >= 0.3 is 5.97 Å². The Kier molecular flexibility index (Phi) is 5.16. The second-order valence-electron chi connectivity index (χ2n) is 5.76. The Morgan fingerprint density at radius 1 is 1.13 bits per heavy atom. The Balaban J connectivity index is 2.15. The number of carboxylic acids is 1. The molecule has 1 aliphatic rings. The van der Waals surface area contributed by atoms with E-state index in [1.165, 1.54) is 17.0 Å². The second-order valence-corrected chi connectivity index (χ2v) is 5.76. The highest BCUT2D eigenvalue weighted by molar-refractivity contribution is 5.97. The van der Waals surface area contributed by atoms with Crippen LogP contribution < -0.4 is 5.32 Å². The normalized spacial score (nSPS) is 19.9. The summed E-state index contributed by atoms with van der Waals surface area (Å²) in [6.45, 7) is 0. The molecule has 0 aliphatic heterocycles. The minimum absolute atomic E-state index is 0.0752. The first-order valence-electron chi connectivity index (χ1n) is 7.40. The van der Waals surface area contributed by atoms with Gasteiger partial charge in [-0.2, -0.15) is 0 Å². The van der Waals surface area contributed by atoms with Gasteiger partial charge in [-0.1, -0.05) is 18.2 Å². The Morgan fingerprint density at radius 3 is 2.39 bits per heavy atom. The number of nitrogens with zero attached hydrogens (tertiary/aromatic N) is 1. The topological polar surface area (TPSA) is 86.7 Å². The lowest BCUT2D eigenvalue weighted by Gasteiger charge is -2.28. The maximum absolute atomic E-state index is 12.5. The van der Waals surface area contributed by atoms with Crippen molar-refractivity contribution < 1.29 is 19.5 Å². The van der Waals surface area contributed by atoms with Gasteiger partial charge in [0.2, 0.25) is 11.8 Å². The Morgan fingerprint density at radius 2 is 1.78 bits per heavy atom. The third-order valence-electron chi connectivity index (χ3n) is 3.90. The van der Waals surface area contributed by atoms with Crippen molar-refractivity contribution in [1.29, 1.82) is 0 Å². The maximum Gasteiger partial charge on any atom is 0.335 e. The number of allylic oxidation sites excluding steroid dienone is 2. The number of aromatic carboxylic acids is 1. The predicted octanol–water partition coefficient (Wildman–Crippen LogP) is 1.99. The summed E-state index contributed by atoms with van der Waals surface area (Å²) in [6.07, 6.45) is 4.84. The van der Waals surface area contributed by atoms with Crippen LogP contribution in [0, 0.1) is 11.8 Å². The molecule has 122 valence electrons. The SMILES string of the molecule is CN(C)C(=O)C1CC=CCC1C(=O)Nc1cccc(C(=O)O)c1. The number of anilines is 1. The van der Waals surface area contributed by atoms with Crippen LogP contribution in [0.4, 0.5) is 5.69 Å². The third kappa shape index (κ3) is 3.97. The summed E-state index contributed by atoms with van der Waals surface area (Å²) in [5.41, 5.74) is 0.521. The molecule has 1 aromatic carbocycles. The van der Waals surface area contributed by atoms with Crippen molar-refractivity contribution in [3.63, 3.8) is 0 Å². The highest BCUT2D eigenvalue weighted by Gasteiger charge is 2.34. The third-order valence-corrected chi connectivity index (χ3v) is 3.90. The fourth-order valence-electron chi connectivity index (χ4n) is 2.67. The number of hydrogen-bond donors (Lipinski definition) is 2. The van der Waals surface area contributed by atoms with Gasteiger partial charge in [0.1, 0.15) is 0 Å². The molecule has 1 aliphatic carbocycles. The van der Waals surface area contributed by atoms with Crippen LogP contribution in [0.25, 0.3) is 0 Å². The Labute approximate surface area is 134 Å². The molecule has 0 radical (unpaired) electrons. The molecule has 2 rings (SSSR count). The zero-order valence-corrected chi connectivity index (χ0v) is 13.2. The first-order chi connectivity index (χ1) is 10.9. The molecule has 0 bridgehead atoms. The molecule has 1 aromatic rings. The lowest BCUT2D eigenvalue weighted by atomic mass is 9.81. The molecule has 0 fully saturated rings. The van der Waals surface area contributed by atoms with E-state index in [-0.39, 0.29) is 17.4 Å². The van der Waals surface area contributed by atoms with Crippen molar-refractivity contribution in [3.8, 4) is 0 Å². The minimum atomic E-state index is -1.05. The van der Waals surface area contributed by atoms with Crippen molar-refractivity contribution in [2.75, 3.05) is 19.4 Å². The van der Waals surface area contributed by atoms with E-state index >= 15 is 0 Å². The molecule has 0 spiro atoms. The molecular weight excluding hydrogens is 296 g/mol. The molecule has 0 saturated heterocycles. The van der Waals surface area contributed by atoms with Gasteiger partial charge in [-0.25, -0.2) is 4.79 Å². The Hall–Kier alpha value is -2.63. The van der Waals surface area contributed by atoms with Crippen molar-refractivity contribution in [1.82, 2.24) is 4.90 Å². The van der Waals surface area contributed by atoms with Crippen LogP contribution in [0.5, 0.6) is 0 Å². The molecule has 6 nitrogen and oxygen atoms in total. The van der Waals surface area contributed by atoms with Gasteiger partial charge < -0.3 is 15.3 Å². The number of nitrogens with one attached hydrogen (secondary N) is 1. The smallest absolute Gasteiger partial charge is 0.335 e. The van der Waals surface area contributed by atoms with Crippen LogP contribution in [-0.2, 0) is 9.59 Å². The molecule has 23 heavy (non-hydrogen) atoms. The lowest BCUT2D eigenvalue weighted by Crippen LogP contribution is -2.40. The molecule has 6 heteroatoms. The number of hydrogen-bond acceptors (Lipinski definition) is 3. The van der Waals surface area contributed by atoms with Crippen LogP contribution in [0.15, 0.2) is 36.4 Å². The molecule has 0 saturated carbocycles. The molecule has 2 amide bonds. The van der Waals surface area contributed by atoms with Crippen LogP contribution >= 0.6 is 0 Å². The quantitative estimate of drug-likeness (QED) is 0.832. The van der Waals surface area contributed by atoms with E-state index in [0.717, 1.165) is 0 Å². The zero-order valence-electron chi connectivity index (χ0n) is 13.2. The minimum Gasteiger partial charge on any atom is -0.478 e. The number of carbonyl (C=O) groups excluding carboxylic acids is 2. The molecule has 2 unspecified atom stereocenters. The summed E-state index contributed by atoms with van der Waals surface area (Å²) in [5.74, 6) is -2.24. The van der Waals surface area contributed by atoms with Crippen LogP contribution in [0.2, 0.25) is 0 Å². The second kappa shape index (κ2) is 7.09. The number of amides is 2. The average Bonchev–Trinajstić information content (AvgIpc) is 2.54. The van der Waals surface area contributed by atoms with E-state index in [9.17, 15) is 14.4 Å². The van der Waals surface area contributed by atoms with Gasteiger partial charge in [-0.15, -0.1) is 0 Å². The summed E-state index contributed by atoms with van der Waals surface area (Å²) in [4.78, 5) is 37.2. The maximum atomic E-state index is 12.5. The van der Waals surface area contributed by atoms with Crippen molar-refractivity contribution >= 4 is 23.5 Å².